The molecule has 0 atom stereocenters. The van der Waals surface area contributed by atoms with Gasteiger partial charge in [-0.15, -0.1) is 0 Å². The van der Waals surface area contributed by atoms with Gasteiger partial charge in [-0.1, -0.05) is 50.7 Å². The van der Waals surface area contributed by atoms with Crippen LogP contribution in [0.4, 0.5) is 0 Å². The van der Waals surface area contributed by atoms with E-state index < -0.39 is 20.2 Å². The summed E-state index contributed by atoms with van der Waals surface area (Å²) in [5, 5.41) is 0. The highest BCUT2D eigenvalue weighted by Crippen LogP contribution is 2.47. The average Bonchev–Trinajstić information content (AvgIpc) is 3.60. The minimum Gasteiger partial charge on any atom is -0.744 e. The van der Waals surface area contributed by atoms with Gasteiger partial charge >= 0.3 is 10.1 Å². The smallest absolute Gasteiger partial charge is 0.339 e. The Morgan fingerprint density at radius 3 is 1.46 bits per heavy atom. The van der Waals surface area contributed by atoms with Crippen LogP contribution in [0.1, 0.15) is 111 Å². The Bertz CT molecular complexity index is 1330. The third-order valence-corrected chi connectivity index (χ3v) is 13.0. The van der Waals surface area contributed by atoms with Gasteiger partial charge in [0.25, 0.3) is 0 Å². The van der Waals surface area contributed by atoms with Crippen LogP contribution < -0.4 is 4.18 Å². The molecular weight excluding hydrogens is 738 g/mol. The Hall–Kier alpha value is -0.440. The molecule has 37 heavy (non-hydrogen) atoms. The number of hydrogen-bond acceptors (Lipinski definition) is 6. The van der Waals surface area contributed by atoms with Crippen molar-refractivity contribution in [1.82, 2.24) is 0 Å². The minimum atomic E-state index is -4.70. The molecule has 0 spiro atoms. The topological polar surface area (TPSA) is 101 Å². The maximum Gasteiger partial charge on any atom is 0.339 e. The number of benzene rings is 2. The van der Waals surface area contributed by atoms with Gasteiger partial charge in [-0.3, -0.25) is 0 Å². The molecule has 0 amide bonds. The summed E-state index contributed by atoms with van der Waals surface area (Å²) in [6.07, 6.45) is 13.1. The Kier molecular flexibility index (Phi) is 8.51. The number of hydrogen-bond donors (Lipinski definition) is 0. The van der Waals surface area contributed by atoms with E-state index in [1.54, 1.807) is 45.2 Å². The monoisotopic (exact) mass is 769 g/mol. The van der Waals surface area contributed by atoms with E-state index in [-0.39, 0.29) is 29.6 Å². The van der Waals surface area contributed by atoms with Crippen molar-refractivity contribution >= 4 is 65.4 Å². The lowest BCUT2D eigenvalue weighted by atomic mass is 9.85. The quantitative estimate of drug-likeness (QED) is 0.164. The van der Waals surface area contributed by atoms with Gasteiger partial charge < -0.3 is 8.74 Å². The predicted octanol–water partition coefficient (Wildman–Crippen LogP) is 7.54. The van der Waals surface area contributed by atoms with Crippen LogP contribution in [-0.2, 0) is 20.2 Å². The summed E-state index contributed by atoms with van der Waals surface area (Å²) in [5.74, 6) is 0.907. The van der Waals surface area contributed by atoms with Crippen LogP contribution in [0.15, 0.2) is 34.1 Å². The second-order valence-corrected chi connectivity index (χ2v) is 15.8. The third-order valence-electron chi connectivity index (χ3n) is 8.26. The van der Waals surface area contributed by atoms with Gasteiger partial charge in [0.05, 0.1) is 4.90 Å². The zero-order valence-corrected chi connectivity index (χ0v) is 26.5. The van der Waals surface area contributed by atoms with Crippen LogP contribution in [0.25, 0.3) is 0 Å². The van der Waals surface area contributed by atoms with E-state index in [0.717, 1.165) is 75.3 Å². The first-order chi connectivity index (χ1) is 17.5. The third kappa shape index (κ3) is 6.02. The van der Waals surface area contributed by atoms with Gasteiger partial charge in [0, 0.05) is 7.14 Å². The molecule has 0 unspecified atom stereocenters. The van der Waals surface area contributed by atoms with E-state index in [1.165, 1.54) is 30.5 Å². The summed E-state index contributed by atoms with van der Waals surface area (Å²) >= 11 is 3.49. The van der Waals surface area contributed by atoms with Crippen molar-refractivity contribution in [3.63, 3.8) is 0 Å². The molecule has 0 N–H and O–H groups in total. The second-order valence-electron chi connectivity index (χ2n) is 10.7. The molecule has 0 saturated heterocycles. The van der Waals surface area contributed by atoms with Crippen LogP contribution in [0.5, 0.6) is 5.75 Å². The zero-order valence-electron chi connectivity index (χ0n) is 20.5. The fourth-order valence-corrected chi connectivity index (χ4v) is 11.9. The maximum atomic E-state index is 14.1. The molecule has 0 aromatic heterocycles. The van der Waals surface area contributed by atoms with Crippen LogP contribution in [0.2, 0.25) is 0 Å². The molecule has 0 aliphatic heterocycles. The van der Waals surface area contributed by atoms with Gasteiger partial charge in [0.1, 0.15) is 20.8 Å². The first-order valence-electron chi connectivity index (χ1n) is 13.1. The second kappa shape index (κ2) is 11.2. The summed E-state index contributed by atoms with van der Waals surface area (Å²) < 4.78 is 69.3. The highest BCUT2D eigenvalue weighted by Gasteiger charge is 2.35. The van der Waals surface area contributed by atoms with Gasteiger partial charge in [-0.2, -0.15) is 8.42 Å². The summed E-state index contributed by atoms with van der Waals surface area (Å²) in [6, 6.07) is 6.98. The average molecular weight is 769 g/mol. The van der Waals surface area contributed by atoms with Crippen LogP contribution in [0.3, 0.4) is 0 Å². The van der Waals surface area contributed by atoms with E-state index in [4.69, 9.17) is 4.18 Å². The standard InChI is InChI=1S/C27H32I2O6S2/c28-24-15-21(16-25(29)27(24)36(30,31)32)35-37(33,34)26-22(18-9-3-4-10-18)13-20(17-7-1-2-8-17)14-23(26)19-11-5-6-12-19/h13-19H,1-12H2,(H,30,31,32)/p-1. The Labute approximate surface area is 247 Å². The summed E-state index contributed by atoms with van der Waals surface area (Å²) in [6.45, 7) is 0. The lowest BCUT2D eigenvalue weighted by Crippen LogP contribution is -2.19. The molecule has 2 aromatic carbocycles. The molecule has 2 aromatic rings. The molecule has 3 aliphatic rings. The molecular formula is C27H31I2O6S2-. The molecule has 3 aliphatic carbocycles. The lowest BCUT2D eigenvalue weighted by molar-refractivity contribution is 0.461. The van der Waals surface area contributed by atoms with E-state index >= 15 is 0 Å². The highest BCUT2D eigenvalue weighted by atomic mass is 127. The fourth-order valence-electron chi connectivity index (χ4n) is 6.55. The highest BCUT2D eigenvalue weighted by molar-refractivity contribution is 14.1. The van der Waals surface area contributed by atoms with Gasteiger partial charge in [-0.25, -0.2) is 8.42 Å². The summed E-state index contributed by atoms with van der Waals surface area (Å²) in [4.78, 5) is -0.0174. The van der Waals surface area contributed by atoms with Crippen LogP contribution in [-0.4, -0.2) is 21.4 Å². The first-order valence-corrected chi connectivity index (χ1v) is 18.1. The predicted molar refractivity (Wildman–Crippen MR) is 158 cm³/mol. The van der Waals surface area contributed by atoms with E-state index in [0.29, 0.717) is 10.8 Å². The number of halogens is 2. The van der Waals surface area contributed by atoms with Crippen molar-refractivity contribution < 1.29 is 25.6 Å². The van der Waals surface area contributed by atoms with Gasteiger partial charge in [0.15, 0.2) is 0 Å². The first kappa shape index (κ1) is 28.1. The van der Waals surface area contributed by atoms with E-state index in [1.807, 2.05) is 0 Å². The zero-order chi connectivity index (χ0) is 26.4. The molecule has 6 nitrogen and oxygen atoms in total. The van der Waals surface area contributed by atoms with E-state index in [9.17, 15) is 21.4 Å². The molecule has 0 radical (unpaired) electrons. The number of rotatable bonds is 7. The minimum absolute atomic E-state index is 0.0239. The van der Waals surface area contributed by atoms with Gasteiger partial charge in [0.2, 0.25) is 0 Å². The van der Waals surface area contributed by atoms with Crippen molar-refractivity contribution in [3.05, 3.63) is 48.1 Å². The Morgan fingerprint density at radius 1 is 0.649 bits per heavy atom. The molecule has 5 rings (SSSR count). The van der Waals surface area contributed by atoms with Crippen molar-refractivity contribution in [2.45, 2.75) is 105 Å². The summed E-state index contributed by atoms with van der Waals surface area (Å²) in [5.41, 5.74) is 3.10. The van der Waals surface area contributed by atoms with Crippen LogP contribution >= 0.6 is 45.2 Å². The fraction of sp³-hybridized carbons (Fsp3) is 0.556. The maximum absolute atomic E-state index is 14.1. The van der Waals surface area contributed by atoms with Crippen molar-refractivity contribution in [2.24, 2.45) is 0 Å². The summed E-state index contributed by atoms with van der Waals surface area (Å²) in [7, 11) is -8.90. The van der Waals surface area contributed by atoms with Crippen LogP contribution in [0, 0.1) is 7.14 Å². The molecule has 3 fully saturated rings. The van der Waals surface area contributed by atoms with E-state index in [2.05, 4.69) is 12.1 Å². The normalized spacial score (nSPS) is 20.2. The Morgan fingerprint density at radius 2 is 1.05 bits per heavy atom. The van der Waals surface area contributed by atoms with Crippen molar-refractivity contribution in [2.75, 3.05) is 0 Å². The SMILES string of the molecule is O=S(=O)([O-])c1c(I)cc(OS(=O)(=O)c2c(C3CCCC3)cc(C3CCCC3)cc2C2CCCC2)cc1I. The van der Waals surface area contributed by atoms with Crippen molar-refractivity contribution in [3.8, 4) is 5.75 Å². The Balaban J connectivity index is 1.64. The van der Waals surface area contributed by atoms with Gasteiger partial charge in [-0.05, 0) is 130 Å². The molecule has 0 heterocycles. The molecule has 202 valence electrons. The molecule has 10 heteroatoms. The molecule has 0 bridgehead atoms. The lowest BCUT2D eigenvalue weighted by Gasteiger charge is -2.25. The van der Waals surface area contributed by atoms with Crippen molar-refractivity contribution in [1.29, 1.82) is 0 Å². The largest absolute Gasteiger partial charge is 0.744 e. The molecule has 3 saturated carbocycles.